The molecule has 0 aromatic heterocycles. The van der Waals surface area contributed by atoms with E-state index in [2.05, 4.69) is 0 Å². The van der Waals surface area contributed by atoms with Gasteiger partial charge in [-0.1, -0.05) is 23.7 Å². The van der Waals surface area contributed by atoms with Gasteiger partial charge in [-0.3, -0.25) is 14.9 Å². The van der Waals surface area contributed by atoms with E-state index in [4.69, 9.17) is 16.3 Å². The van der Waals surface area contributed by atoms with Gasteiger partial charge in [0.25, 0.3) is 11.6 Å². The minimum absolute atomic E-state index is 0.00223. The summed E-state index contributed by atoms with van der Waals surface area (Å²) in [5, 5.41) is 11.0. The van der Waals surface area contributed by atoms with Crippen molar-refractivity contribution in [3.05, 3.63) is 68.7 Å². The molecule has 1 amide bonds. The predicted molar refractivity (Wildman–Crippen MR) is 91.6 cm³/mol. The molecular weight excluding hydrogens is 332 g/mol. The van der Waals surface area contributed by atoms with E-state index in [0.717, 1.165) is 11.3 Å². The van der Waals surface area contributed by atoms with Gasteiger partial charge < -0.3 is 9.64 Å². The van der Waals surface area contributed by atoms with Crippen molar-refractivity contribution >= 4 is 23.2 Å². The molecule has 1 unspecified atom stereocenters. The number of benzene rings is 2. The zero-order chi connectivity index (χ0) is 17.9. The van der Waals surface area contributed by atoms with Crippen molar-refractivity contribution in [3.8, 4) is 5.75 Å². The predicted octanol–water partition coefficient (Wildman–Crippen LogP) is 4.09. The standard InChI is InChI=1S/C17H17ClN2O4/c1-11(12-4-7-14(24-3)8-5-12)19(2)17(21)13-6-9-15(18)16(10-13)20(22)23/h4-11H,1-3H3. The number of methoxy groups -OCH3 is 1. The maximum absolute atomic E-state index is 12.6. The van der Waals surface area contributed by atoms with Gasteiger partial charge in [0, 0.05) is 18.7 Å². The van der Waals surface area contributed by atoms with Crippen molar-refractivity contribution in [2.24, 2.45) is 0 Å². The first kappa shape index (κ1) is 17.7. The average molecular weight is 349 g/mol. The van der Waals surface area contributed by atoms with Gasteiger partial charge in [-0.25, -0.2) is 0 Å². The molecule has 2 rings (SSSR count). The van der Waals surface area contributed by atoms with Gasteiger partial charge in [0.15, 0.2) is 0 Å². The van der Waals surface area contributed by atoms with Crippen LogP contribution in [-0.2, 0) is 0 Å². The lowest BCUT2D eigenvalue weighted by Crippen LogP contribution is -2.29. The summed E-state index contributed by atoms with van der Waals surface area (Å²) in [5.74, 6) is 0.409. The van der Waals surface area contributed by atoms with E-state index in [1.54, 1.807) is 14.2 Å². The van der Waals surface area contributed by atoms with E-state index in [1.807, 2.05) is 31.2 Å². The molecule has 0 aliphatic heterocycles. The van der Waals surface area contributed by atoms with E-state index in [0.29, 0.717) is 0 Å². The van der Waals surface area contributed by atoms with Gasteiger partial charge in [0.2, 0.25) is 0 Å². The fourth-order valence-electron chi connectivity index (χ4n) is 2.27. The molecule has 0 spiro atoms. The summed E-state index contributed by atoms with van der Waals surface area (Å²) in [6.07, 6.45) is 0. The number of amides is 1. The van der Waals surface area contributed by atoms with Gasteiger partial charge in [0.05, 0.1) is 18.1 Å². The van der Waals surface area contributed by atoms with Crippen molar-refractivity contribution in [1.29, 1.82) is 0 Å². The fourth-order valence-corrected chi connectivity index (χ4v) is 2.46. The number of halogens is 1. The highest BCUT2D eigenvalue weighted by molar-refractivity contribution is 6.32. The number of hydrogen-bond donors (Lipinski definition) is 0. The highest BCUT2D eigenvalue weighted by Gasteiger charge is 2.22. The molecule has 0 radical (unpaired) electrons. The molecule has 0 aliphatic carbocycles. The minimum atomic E-state index is -0.605. The van der Waals surface area contributed by atoms with Crippen molar-refractivity contribution in [2.45, 2.75) is 13.0 Å². The van der Waals surface area contributed by atoms with Crippen LogP contribution in [0.3, 0.4) is 0 Å². The number of nitrogens with zero attached hydrogens (tertiary/aromatic N) is 2. The Morgan fingerprint density at radius 1 is 1.25 bits per heavy atom. The lowest BCUT2D eigenvalue weighted by molar-refractivity contribution is -0.384. The molecule has 6 nitrogen and oxygen atoms in total. The second-order valence-electron chi connectivity index (χ2n) is 5.29. The van der Waals surface area contributed by atoms with Crippen LogP contribution in [0, 0.1) is 10.1 Å². The molecule has 7 heteroatoms. The number of nitro benzene ring substituents is 1. The van der Waals surface area contributed by atoms with E-state index in [-0.39, 0.29) is 28.2 Å². The maximum Gasteiger partial charge on any atom is 0.288 e. The Kier molecular flexibility index (Phi) is 5.41. The molecule has 0 bridgehead atoms. The summed E-state index contributed by atoms with van der Waals surface area (Å²) in [6, 6.07) is 11.2. The van der Waals surface area contributed by atoms with Gasteiger partial charge in [-0.05, 0) is 36.8 Å². The highest BCUT2D eigenvalue weighted by atomic mass is 35.5. The topological polar surface area (TPSA) is 72.7 Å². The van der Waals surface area contributed by atoms with E-state index in [1.165, 1.54) is 23.1 Å². The van der Waals surface area contributed by atoms with Crippen LogP contribution in [0.1, 0.15) is 28.9 Å². The monoisotopic (exact) mass is 348 g/mol. The third-order valence-corrected chi connectivity index (χ3v) is 4.21. The number of rotatable bonds is 5. The van der Waals surface area contributed by atoms with Crippen molar-refractivity contribution < 1.29 is 14.5 Å². The van der Waals surface area contributed by atoms with Crippen molar-refractivity contribution in [2.75, 3.05) is 14.2 Å². The molecule has 2 aromatic rings. The molecule has 2 aromatic carbocycles. The largest absolute Gasteiger partial charge is 0.497 e. The average Bonchev–Trinajstić information content (AvgIpc) is 2.60. The first-order chi connectivity index (χ1) is 11.3. The van der Waals surface area contributed by atoms with Crippen LogP contribution in [0.2, 0.25) is 5.02 Å². The molecule has 1 atom stereocenters. The summed E-state index contributed by atoms with van der Waals surface area (Å²) in [5.41, 5.74) is 0.858. The van der Waals surface area contributed by atoms with Gasteiger partial charge >= 0.3 is 0 Å². The number of hydrogen-bond acceptors (Lipinski definition) is 4. The summed E-state index contributed by atoms with van der Waals surface area (Å²) < 4.78 is 5.12. The lowest BCUT2D eigenvalue weighted by Gasteiger charge is -2.25. The third-order valence-electron chi connectivity index (χ3n) is 3.89. The highest BCUT2D eigenvalue weighted by Crippen LogP contribution is 2.27. The van der Waals surface area contributed by atoms with Crippen LogP contribution in [0.5, 0.6) is 5.75 Å². The van der Waals surface area contributed by atoms with Crippen LogP contribution in [0.4, 0.5) is 5.69 Å². The van der Waals surface area contributed by atoms with E-state index >= 15 is 0 Å². The zero-order valence-electron chi connectivity index (χ0n) is 13.5. The fraction of sp³-hybridized carbons (Fsp3) is 0.235. The van der Waals surface area contributed by atoms with Gasteiger partial charge in [0.1, 0.15) is 10.8 Å². The summed E-state index contributed by atoms with van der Waals surface area (Å²) in [4.78, 5) is 24.5. The number of carbonyl (C=O) groups is 1. The van der Waals surface area contributed by atoms with Gasteiger partial charge in [-0.15, -0.1) is 0 Å². The Morgan fingerprint density at radius 2 is 1.88 bits per heavy atom. The molecule has 0 heterocycles. The Hall–Kier alpha value is -2.60. The molecule has 0 aliphatic rings. The number of carbonyl (C=O) groups excluding carboxylic acids is 1. The van der Waals surface area contributed by atoms with Crippen molar-refractivity contribution in [3.63, 3.8) is 0 Å². The number of nitro groups is 1. The Bertz CT molecular complexity index is 762. The summed E-state index contributed by atoms with van der Waals surface area (Å²) >= 11 is 5.78. The van der Waals surface area contributed by atoms with Gasteiger partial charge in [-0.2, -0.15) is 0 Å². The first-order valence-corrected chi connectivity index (χ1v) is 7.58. The second-order valence-corrected chi connectivity index (χ2v) is 5.70. The molecule has 126 valence electrons. The van der Waals surface area contributed by atoms with E-state index < -0.39 is 4.92 Å². The Morgan fingerprint density at radius 3 is 2.42 bits per heavy atom. The maximum atomic E-state index is 12.6. The van der Waals surface area contributed by atoms with Crippen LogP contribution < -0.4 is 4.74 Å². The molecule has 24 heavy (non-hydrogen) atoms. The quantitative estimate of drug-likeness (QED) is 0.602. The Labute approximate surface area is 144 Å². The summed E-state index contributed by atoms with van der Waals surface area (Å²) in [7, 11) is 3.24. The molecule has 0 saturated heterocycles. The molecular formula is C17H17ClN2O4. The lowest BCUT2D eigenvalue weighted by atomic mass is 10.1. The first-order valence-electron chi connectivity index (χ1n) is 7.20. The zero-order valence-corrected chi connectivity index (χ0v) is 14.3. The second kappa shape index (κ2) is 7.31. The third kappa shape index (κ3) is 3.65. The van der Waals surface area contributed by atoms with Crippen LogP contribution in [-0.4, -0.2) is 29.9 Å². The minimum Gasteiger partial charge on any atom is -0.497 e. The molecule has 0 N–H and O–H groups in total. The SMILES string of the molecule is COc1ccc(C(C)N(C)C(=O)c2ccc(Cl)c([N+](=O)[O-])c2)cc1. The normalized spacial score (nSPS) is 11.7. The molecule has 0 saturated carbocycles. The molecule has 0 fully saturated rings. The van der Waals surface area contributed by atoms with Crippen LogP contribution in [0.15, 0.2) is 42.5 Å². The number of ether oxygens (including phenoxy) is 1. The summed E-state index contributed by atoms with van der Waals surface area (Å²) in [6.45, 7) is 1.88. The van der Waals surface area contributed by atoms with E-state index in [9.17, 15) is 14.9 Å². The Balaban J connectivity index is 2.24. The van der Waals surface area contributed by atoms with Crippen molar-refractivity contribution in [1.82, 2.24) is 4.90 Å². The smallest absolute Gasteiger partial charge is 0.288 e. The van der Waals surface area contributed by atoms with Crippen LogP contribution >= 0.6 is 11.6 Å². The van der Waals surface area contributed by atoms with Crippen LogP contribution in [0.25, 0.3) is 0 Å².